The number of hydrogen-bond acceptors (Lipinski definition) is 2. The van der Waals surface area contributed by atoms with Crippen molar-refractivity contribution in [3.8, 4) is 0 Å². The molecule has 2 atom stereocenters. The molecule has 0 saturated heterocycles. The number of nitrogens with one attached hydrogen (secondary N) is 1. The summed E-state index contributed by atoms with van der Waals surface area (Å²) < 4.78 is 0. The zero-order valence-electron chi connectivity index (χ0n) is 11.3. The molecule has 0 radical (unpaired) electrons. The van der Waals surface area contributed by atoms with E-state index in [1.165, 1.54) is 12.8 Å². The van der Waals surface area contributed by atoms with Gasteiger partial charge in [-0.3, -0.25) is 4.79 Å². The van der Waals surface area contributed by atoms with E-state index in [0.29, 0.717) is 0 Å². The van der Waals surface area contributed by atoms with Gasteiger partial charge in [0, 0.05) is 6.04 Å². The van der Waals surface area contributed by atoms with Crippen LogP contribution in [0, 0.1) is 10.8 Å². The van der Waals surface area contributed by atoms with Gasteiger partial charge in [0.2, 0.25) is 5.91 Å². The summed E-state index contributed by atoms with van der Waals surface area (Å²) in [5.74, 6) is -0.00697. The predicted octanol–water partition coefficient (Wildman–Crippen LogP) is 2.05. The van der Waals surface area contributed by atoms with Crippen molar-refractivity contribution < 1.29 is 4.79 Å². The molecule has 1 unspecified atom stereocenters. The molecule has 1 fully saturated rings. The summed E-state index contributed by atoms with van der Waals surface area (Å²) in [6.45, 7) is 10.4. The second kappa shape index (κ2) is 4.36. The summed E-state index contributed by atoms with van der Waals surface area (Å²) in [7, 11) is 0. The van der Waals surface area contributed by atoms with E-state index in [0.717, 1.165) is 6.42 Å². The minimum atomic E-state index is -0.427. The highest BCUT2D eigenvalue weighted by molar-refractivity contribution is 5.82. The third-order valence-corrected chi connectivity index (χ3v) is 3.79. The van der Waals surface area contributed by atoms with Crippen LogP contribution in [0.3, 0.4) is 0 Å². The normalized spacial score (nSPS) is 26.5. The van der Waals surface area contributed by atoms with Crippen molar-refractivity contribution in [3.63, 3.8) is 0 Å². The van der Waals surface area contributed by atoms with Crippen LogP contribution in [-0.2, 0) is 4.79 Å². The Hall–Kier alpha value is -0.570. The Morgan fingerprint density at radius 1 is 1.44 bits per heavy atom. The zero-order valence-corrected chi connectivity index (χ0v) is 11.3. The van der Waals surface area contributed by atoms with Gasteiger partial charge >= 0.3 is 0 Å². The Morgan fingerprint density at radius 2 is 2.00 bits per heavy atom. The molecule has 1 saturated carbocycles. The Morgan fingerprint density at radius 3 is 2.38 bits per heavy atom. The summed E-state index contributed by atoms with van der Waals surface area (Å²) in [5, 5.41) is 3.11. The molecule has 3 N–H and O–H groups in total. The number of amides is 1. The molecular formula is C13H26N2O. The first-order valence-electron chi connectivity index (χ1n) is 6.20. The van der Waals surface area contributed by atoms with Gasteiger partial charge in [0.1, 0.15) is 0 Å². The lowest BCUT2D eigenvalue weighted by molar-refractivity contribution is -0.125. The van der Waals surface area contributed by atoms with E-state index >= 15 is 0 Å². The molecule has 16 heavy (non-hydrogen) atoms. The van der Waals surface area contributed by atoms with Crippen LogP contribution in [0.15, 0.2) is 0 Å². The minimum absolute atomic E-state index is 0.00697. The smallest absolute Gasteiger partial charge is 0.237 e. The molecule has 1 amide bonds. The van der Waals surface area contributed by atoms with Crippen LogP contribution in [0.2, 0.25) is 0 Å². The van der Waals surface area contributed by atoms with Gasteiger partial charge < -0.3 is 11.1 Å². The third kappa shape index (κ3) is 2.97. The number of carbonyl (C=O) groups excluding carboxylic acids is 1. The summed E-state index contributed by atoms with van der Waals surface area (Å²) in [4.78, 5) is 12.0. The topological polar surface area (TPSA) is 55.1 Å². The molecule has 1 aliphatic carbocycles. The Kier molecular flexibility index (Phi) is 3.68. The van der Waals surface area contributed by atoms with Crippen LogP contribution in [-0.4, -0.2) is 18.0 Å². The van der Waals surface area contributed by atoms with Gasteiger partial charge in [-0.25, -0.2) is 0 Å². The second-order valence-corrected chi connectivity index (χ2v) is 6.79. The van der Waals surface area contributed by atoms with E-state index in [2.05, 4.69) is 19.2 Å². The lowest BCUT2D eigenvalue weighted by Gasteiger charge is -2.32. The van der Waals surface area contributed by atoms with Crippen LogP contribution >= 0.6 is 0 Å². The first-order valence-corrected chi connectivity index (χ1v) is 6.20. The highest BCUT2D eigenvalue weighted by atomic mass is 16.2. The number of rotatable bonds is 2. The summed E-state index contributed by atoms with van der Waals surface area (Å²) in [6.07, 6.45) is 3.46. The van der Waals surface area contributed by atoms with Crippen molar-refractivity contribution in [2.24, 2.45) is 16.6 Å². The SMILES string of the molecule is CC1(C)CCCC1NC(=O)[C@@H](N)C(C)(C)C. The molecule has 0 aromatic carbocycles. The fraction of sp³-hybridized carbons (Fsp3) is 0.923. The molecule has 1 rings (SSSR count). The van der Waals surface area contributed by atoms with Crippen LogP contribution in [0.25, 0.3) is 0 Å². The van der Waals surface area contributed by atoms with E-state index in [1.807, 2.05) is 20.8 Å². The van der Waals surface area contributed by atoms with E-state index in [-0.39, 0.29) is 22.8 Å². The van der Waals surface area contributed by atoms with Crippen LogP contribution < -0.4 is 11.1 Å². The summed E-state index contributed by atoms with van der Waals surface area (Å²) in [5.41, 5.74) is 5.99. The van der Waals surface area contributed by atoms with Gasteiger partial charge in [0.25, 0.3) is 0 Å². The van der Waals surface area contributed by atoms with Gasteiger partial charge in [-0.05, 0) is 23.7 Å². The van der Waals surface area contributed by atoms with Crippen LogP contribution in [0.4, 0.5) is 0 Å². The molecule has 3 heteroatoms. The van der Waals surface area contributed by atoms with E-state index in [9.17, 15) is 4.79 Å². The number of hydrogen-bond donors (Lipinski definition) is 2. The molecule has 0 aromatic rings. The molecule has 0 bridgehead atoms. The molecule has 1 aliphatic rings. The van der Waals surface area contributed by atoms with Crippen molar-refractivity contribution >= 4 is 5.91 Å². The van der Waals surface area contributed by atoms with E-state index < -0.39 is 6.04 Å². The minimum Gasteiger partial charge on any atom is -0.351 e. The first-order chi connectivity index (χ1) is 7.14. The Balaban J connectivity index is 2.58. The third-order valence-electron chi connectivity index (χ3n) is 3.79. The maximum absolute atomic E-state index is 12.0. The fourth-order valence-electron chi connectivity index (χ4n) is 2.25. The van der Waals surface area contributed by atoms with Crippen molar-refractivity contribution in [1.29, 1.82) is 0 Å². The van der Waals surface area contributed by atoms with Gasteiger partial charge in [-0.15, -0.1) is 0 Å². The monoisotopic (exact) mass is 226 g/mol. The van der Waals surface area contributed by atoms with Gasteiger partial charge in [0.15, 0.2) is 0 Å². The lowest BCUT2D eigenvalue weighted by Crippen LogP contribution is -2.53. The largest absolute Gasteiger partial charge is 0.351 e. The van der Waals surface area contributed by atoms with Crippen molar-refractivity contribution in [1.82, 2.24) is 5.32 Å². The maximum atomic E-state index is 12.0. The van der Waals surface area contributed by atoms with Crippen molar-refractivity contribution in [2.75, 3.05) is 0 Å². The summed E-state index contributed by atoms with van der Waals surface area (Å²) in [6, 6.07) is -0.141. The van der Waals surface area contributed by atoms with Crippen molar-refractivity contribution in [3.05, 3.63) is 0 Å². The average molecular weight is 226 g/mol. The summed E-state index contributed by atoms with van der Waals surface area (Å²) >= 11 is 0. The van der Waals surface area contributed by atoms with Gasteiger partial charge in [-0.1, -0.05) is 41.0 Å². The molecular weight excluding hydrogens is 200 g/mol. The van der Waals surface area contributed by atoms with Crippen LogP contribution in [0.1, 0.15) is 53.9 Å². The molecule has 0 aliphatic heterocycles. The Bertz CT molecular complexity index is 266. The molecule has 0 spiro atoms. The standard InChI is InChI=1S/C13H26N2O/c1-12(2,3)10(14)11(16)15-9-7-6-8-13(9,4)5/h9-10H,6-8,14H2,1-5H3,(H,15,16)/t9?,10-/m1/s1. The highest BCUT2D eigenvalue weighted by Gasteiger charge is 2.37. The first kappa shape index (κ1) is 13.5. The molecule has 94 valence electrons. The molecule has 0 heterocycles. The predicted molar refractivity (Wildman–Crippen MR) is 67.0 cm³/mol. The van der Waals surface area contributed by atoms with Gasteiger partial charge in [0.05, 0.1) is 6.04 Å². The van der Waals surface area contributed by atoms with Crippen molar-refractivity contribution in [2.45, 2.75) is 66.0 Å². The fourth-order valence-corrected chi connectivity index (χ4v) is 2.25. The molecule has 3 nitrogen and oxygen atoms in total. The zero-order chi connectivity index (χ0) is 12.6. The Labute approximate surface area is 99.2 Å². The second-order valence-electron chi connectivity index (χ2n) is 6.79. The maximum Gasteiger partial charge on any atom is 0.237 e. The lowest BCUT2D eigenvalue weighted by atomic mass is 9.84. The van der Waals surface area contributed by atoms with Gasteiger partial charge in [-0.2, -0.15) is 0 Å². The molecule has 0 aromatic heterocycles. The van der Waals surface area contributed by atoms with Crippen LogP contribution in [0.5, 0.6) is 0 Å². The van der Waals surface area contributed by atoms with E-state index in [4.69, 9.17) is 5.73 Å². The van der Waals surface area contributed by atoms with E-state index in [1.54, 1.807) is 0 Å². The highest BCUT2D eigenvalue weighted by Crippen LogP contribution is 2.37. The number of carbonyl (C=O) groups is 1. The average Bonchev–Trinajstić information content (AvgIpc) is 2.43. The number of nitrogens with two attached hydrogens (primary N) is 1. The quantitative estimate of drug-likeness (QED) is 0.757.